The fourth-order valence-electron chi connectivity index (χ4n) is 3.84. The van der Waals surface area contributed by atoms with Crippen LogP contribution >= 0.6 is 11.6 Å². The van der Waals surface area contributed by atoms with Crippen molar-refractivity contribution >= 4 is 40.8 Å². The first-order valence-electron chi connectivity index (χ1n) is 11.8. The van der Waals surface area contributed by atoms with Crippen LogP contribution in [0.4, 0.5) is 17.1 Å². The Hall–Kier alpha value is -5.28. The van der Waals surface area contributed by atoms with Gasteiger partial charge in [0.2, 0.25) is 0 Å². The van der Waals surface area contributed by atoms with Crippen LogP contribution in [0, 0.1) is 10.1 Å². The fraction of sp³-hybridized carbons (Fsp3) is 0. The monoisotopic (exact) mass is 536 g/mol. The predicted molar refractivity (Wildman–Crippen MR) is 153 cm³/mol. The number of carbonyl (C=O) groups excluding carboxylic acids is 1. The number of amides is 1. The maximum Gasteiger partial charge on any atom is 0.294 e. The molecule has 0 aliphatic heterocycles. The van der Waals surface area contributed by atoms with Gasteiger partial charge in [0.15, 0.2) is 0 Å². The van der Waals surface area contributed by atoms with Crippen molar-refractivity contribution in [2.75, 3.05) is 10.7 Å². The summed E-state index contributed by atoms with van der Waals surface area (Å²) in [5.41, 5.74) is 6.34. The highest BCUT2D eigenvalue weighted by molar-refractivity contribution is 6.30. The molecule has 192 valence electrons. The summed E-state index contributed by atoms with van der Waals surface area (Å²) in [6.45, 7) is 0. The van der Waals surface area contributed by atoms with E-state index in [0.717, 1.165) is 11.3 Å². The summed E-state index contributed by atoms with van der Waals surface area (Å²) in [5, 5.41) is 24.1. The summed E-state index contributed by atoms with van der Waals surface area (Å²) in [5.74, 6) is -0.458. The summed E-state index contributed by atoms with van der Waals surface area (Å²) in [6.07, 6.45) is 3.35. The molecule has 0 aliphatic carbocycles. The number of anilines is 2. The first kappa shape index (κ1) is 25.4. The number of nitrogens with one attached hydrogen (secondary N) is 2. The van der Waals surface area contributed by atoms with Crippen molar-refractivity contribution in [3.8, 4) is 16.9 Å². The summed E-state index contributed by atoms with van der Waals surface area (Å²) >= 11 is 6.06. The largest absolute Gasteiger partial charge is 0.322 e. The van der Waals surface area contributed by atoms with Crippen LogP contribution in [0.5, 0.6) is 0 Å². The Bertz CT molecular complexity index is 1650. The van der Waals surface area contributed by atoms with E-state index in [0.29, 0.717) is 22.0 Å². The minimum Gasteiger partial charge on any atom is -0.322 e. The number of hydrogen-bond donors (Lipinski definition) is 2. The number of nitrogens with zero attached hydrogens (tertiary/aromatic N) is 4. The molecule has 9 nitrogen and oxygen atoms in total. The summed E-state index contributed by atoms with van der Waals surface area (Å²) in [4.78, 5) is 23.8. The number of aromatic nitrogens is 2. The van der Waals surface area contributed by atoms with E-state index in [2.05, 4.69) is 15.8 Å². The molecular weight excluding hydrogens is 516 g/mol. The molecule has 2 N–H and O–H groups in total. The highest BCUT2D eigenvalue weighted by Crippen LogP contribution is 2.27. The Labute approximate surface area is 228 Å². The molecule has 0 bridgehead atoms. The van der Waals surface area contributed by atoms with E-state index in [1.807, 2.05) is 54.7 Å². The second kappa shape index (κ2) is 11.4. The second-order valence-electron chi connectivity index (χ2n) is 8.40. The number of nitro groups is 1. The second-order valence-corrected chi connectivity index (χ2v) is 8.84. The van der Waals surface area contributed by atoms with Gasteiger partial charge in [-0.2, -0.15) is 10.2 Å². The lowest BCUT2D eigenvalue weighted by Crippen LogP contribution is -2.12. The Morgan fingerprint density at radius 2 is 1.64 bits per heavy atom. The van der Waals surface area contributed by atoms with E-state index in [1.54, 1.807) is 41.1 Å². The minimum absolute atomic E-state index is 0.135. The van der Waals surface area contributed by atoms with Crippen LogP contribution in [0.25, 0.3) is 16.9 Å². The van der Waals surface area contributed by atoms with E-state index in [1.165, 1.54) is 24.4 Å². The average Bonchev–Trinajstić information content (AvgIpc) is 3.38. The number of nitro benzene ring substituents is 1. The molecule has 0 saturated carbocycles. The zero-order valence-corrected chi connectivity index (χ0v) is 21.1. The van der Waals surface area contributed by atoms with Gasteiger partial charge in [-0.05, 0) is 48.5 Å². The standard InChI is InChI=1S/C29H21ClN6O3/c30-23-14-11-20(12-15-23)28-22(19-35(34-28)25-9-5-2-6-10-25)18-31-33-26-16-13-21(17-27(26)36(38)39)29(37)32-24-7-3-1-4-8-24/h1-19,33H,(H,32,37). The van der Waals surface area contributed by atoms with Crippen LogP contribution in [0.15, 0.2) is 114 Å². The lowest BCUT2D eigenvalue weighted by atomic mass is 10.1. The van der Waals surface area contributed by atoms with Gasteiger partial charge in [0, 0.05) is 39.7 Å². The van der Waals surface area contributed by atoms with Gasteiger partial charge in [-0.3, -0.25) is 20.3 Å². The van der Waals surface area contributed by atoms with Crippen molar-refractivity contribution in [1.29, 1.82) is 0 Å². The van der Waals surface area contributed by atoms with Gasteiger partial charge in [0.05, 0.1) is 16.8 Å². The maximum atomic E-state index is 12.6. The molecule has 4 aromatic carbocycles. The van der Waals surface area contributed by atoms with Crippen LogP contribution in [0.1, 0.15) is 15.9 Å². The fourth-order valence-corrected chi connectivity index (χ4v) is 3.97. The quantitative estimate of drug-likeness (QED) is 0.128. The van der Waals surface area contributed by atoms with E-state index in [9.17, 15) is 14.9 Å². The molecule has 1 heterocycles. The van der Waals surface area contributed by atoms with Crippen molar-refractivity contribution in [1.82, 2.24) is 9.78 Å². The first-order valence-corrected chi connectivity index (χ1v) is 12.2. The van der Waals surface area contributed by atoms with E-state index in [4.69, 9.17) is 16.7 Å². The molecule has 5 rings (SSSR count). The normalized spacial score (nSPS) is 10.9. The van der Waals surface area contributed by atoms with E-state index < -0.39 is 10.8 Å². The van der Waals surface area contributed by atoms with Crippen molar-refractivity contribution in [3.63, 3.8) is 0 Å². The van der Waals surface area contributed by atoms with Gasteiger partial charge < -0.3 is 5.32 Å². The van der Waals surface area contributed by atoms with Crippen LogP contribution in [0.2, 0.25) is 5.02 Å². The molecule has 0 unspecified atom stereocenters. The van der Waals surface area contributed by atoms with Gasteiger partial charge >= 0.3 is 0 Å². The SMILES string of the molecule is O=C(Nc1ccccc1)c1ccc(NN=Cc2cn(-c3ccccc3)nc2-c2ccc(Cl)cc2)c([N+](=O)[O-])c1. The third-order valence-corrected chi connectivity index (χ3v) is 6.01. The van der Waals surface area contributed by atoms with Crippen LogP contribution in [0.3, 0.4) is 0 Å². The first-order chi connectivity index (χ1) is 19.0. The van der Waals surface area contributed by atoms with Crippen molar-refractivity contribution in [2.45, 2.75) is 0 Å². The van der Waals surface area contributed by atoms with Crippen LogP contribution < -0.4 is 10.7 Å². The predicted octanol–water partition coefficient (Wildman–Crippen LogP) is 6.80. The smallest absolute Gasteiger partial charge is 0.294 e. The molecule has 1 amide bonds. The molecule has 0 aliphatic rings. The van der Waals surface area contributed by atoms with Gasteiger partial charge in [-0.25, -0.2) is 4.68 Å². The molecule has 1 aromatic heterocycles. The summed E-state index contributed by atoms with van der Waals surface area (Å²) < 4.78 is 1.73. The Morgan fingerprint density at radius 1 is 0.949 bits per heavy atom. The zero-order valence-electron chi connectivity index (χ0n) is 20.4. The molecule has 0 spiro atoms. The Kier molecular flexibility index (Phi) is 7.42. The Balaban J connectivity index is 1.41. The number of carbonyl (C=O) groups is 1. The number of para-hydroxylation sites is 2. The minimum atomic E-state index is -0.566. The molecule has 10 heteroatoms. The van der Waals surface area contributed by atoms with Crippen LogP contribution in [-0.4, -0.2) is 26.8 Å². The molecular formula is C29H21ClN6O3. The van der Waals surface area contributed by atoms with Gasteiger partial charge in [0.1, 0.15) is 11.4 Å². The Morgan fingerprint density at radius 3 is 2.33 bits per heavy atom. The topological polar surface area (TPSA) is 114 Å². The van der Waals surface area contributed by atoms with Crippen LogP contribution in [-0.2, 0) is 0 Å². The van der Waals surface area contributed by atoms with Crippen molar-refractivity contribution in [2.24, 2.45) is 5.10 Å². The zero-order chi connectivity index (χ0) is 27.2. The number of hydrogen-bond acceptors (Lipinski definition) is 6. The van der Waals surface area contributed by atoms with Crippen molar-refractivity contribution in [3.05, 3.63) is 136 Å². The number of halogens is 1. The molecule has 0 radical (unpaired) electrons. The van der Waals surface area contributed by atoms with E-state index in [-0.39, 0.29) is 16.9 Å². The van der Waals surface area contributed by atoms with Gasteiger partial charge in [-0.15, -0.1) is 0 Å². The van der Waals surface area contributed by atoms with Gasteiger partial charge in [0.25, 0.3) is 11.6 Å². The lowest BCUT2D eigenvalue weighted by molar-refractivity contribution is -0.384. The third kappa shape index (κ3) is 6.00. The summed E-state index contributed by atoms with van der Waals surface area (Å²) in [7, 11) is 0. The highest BCUT2D eigenvalue weighted by Gasteiger charge is 2.18. The highest BCUT2D eigenvalue weighted by atomic mass is 35.5. The average molecular weight is 537 g/mol. The lowest BCUT2D eigenvalue weighted by Gasteiger charge is -2.07. The molecule has 5 aromatic rings. The number of benzene rings is 4. The number of rotatable bonds is 8. The number of hydrazone groups is 1. The molecule has 0 atom stereocenters. The third-order valence-electron chi connectivity index (χ3n) is 5.76. The van der Waals surface area contributed by atoms with Gasteiger partial charge in [-0.1, -0.05) is 60.1 Å². The molecule has 0 saturated heterocycles. The van der Waals surface area contributed by atoms with E-state index >= 15 is 0 Å². The molecule has 39 heavy (non-hydrogen) atoms. The summed E-state index contributed by atoms with van der Waals surface area (Å²) in [6, 6.07) is 29.9. The maximum absolute atomic E-state index is 12.6. The molecule has 0 fully saturated rings. The van der Waals surface area contributed by atoms with Crippen molar-refractivity contribution < 1.29 is 9.72 Å².